The van der Waals surface area contributed by atoms with Crippen molar-refractivity contribution >= 4 is 29.4 Å². The molecule has 96 valence electrons. The van der Waals surface area contributed by atoms with Crippen molar-refractivity contribution in [3.05, 3.63) is 29.8 Å². The molecule has 0 saturated carbocycles. The molecular formula is C13H16N2O2S. The van der Waals surface area contributed by atoms with Crippen LogP contribution in [0.15, 0.2) is 24.3 Å². The summed E-state index contributed by atoms with van der Waals surface area (Å²) in [7, 11) is 0. The Morgan fingerprint density at radius 3 is 2.56 bits per heavy atom. The van der Waals surface area contributed by atoms with Gasteiger partial charge in [0.15, 0.2) is 0 Å². The lowest BCUT2D eigenvalue weighted by atomic mass is 10.2. The molecule has 1 atom stereocenters. The first-order valence-corrected chi connectivity index (χ1v) is 7.23. The molecule has 5 heteroatoms. The van der Waals surface area contributed by atoms with Crippen LogP contribution < -0.4 is 10.2 Å². The number of carbonyl (C=O) groups is 2. The highest BCUT2D eigenvalue weighted by Crippen LogP contribution is 2.21. The molecule has 1 N–H and O–H groups in total. The van der Waals surface area contributed by atoms with Gasteiger partial charge in [-0.1, -0.05) is 17.7 Å². The van der Waals surface area contributed by atoms with E-state index in [1.807, 2.05) is 25.3 Å². The maximum absolute atomic E-state index is 12.1. The van der Waals surface area contributed by atoms with Gasteiger partial charge in [-0.25, -0.2) is 9.69 Å². The lowest BCUT2D eigenvalue weighted by molar-refractivity contribution is -0.118. The van der Waals surface area contributed by atoms with E-state index in [-0.39, 0.29) is 18.0 Å². The van der Waals surface area contributed by atoms with Crippen molar-refractivity contribution < 1.29 is 9.59 Å². The summed E-state index contributed by atoms with van der Waals surface area (Å²) in [5.41, 5.74) is 1.74. The predicted molar refractivity (Wildman–Crippen MR) is 74.0 cm³/mol. The highest BCUT2D eigenvalue weighted by molar-refractivity contribution is 7.98. The van der Waals surface area contributed by atoms with Crippen molar-refractivity contribution in [2.45, 2.75) is 19.4 Å². The molecule has 0 aliphatic carbocycles. The van der Waals surface area contributed by atoms with Crippen LogP contribution in [0.25, 0.3) is 0 Å². The Hall–Kier alpha value is -1.49. The summed E-state index contributed by atoms with van der Waals surface area (Å²) in [5.74, 6) is 0.705. The molecule has 1 unspecified atom stereocenters. The van der Waals surface area contributed by atoms with Gasteiger partial charge in [0, 0.05) is 0 Å². The van der Waals surface area contributed by atoms with Crippen molar-refractivity contribution in [2.75, 3.05) is 16.9 Å². The minimum Gasteiger partial charge on any atom is -0.325 e. The molecule has 0 aromatic heterocycles. The van der Waals surface area contributed by atoms with Crippen molar-refractivity contribution in [1.82, 2.24) is 5.32 Å². The molecule has 1 aliphatic rings. The van der Waals surface area contributed by atoms with Crippen molar-refractivity contribution in [3.8, 4) is 0 Å². The van der Waals surface area contributed by atoms with Crippen LogP contribution in [0.4, 0.5) is 10.5 Å². The first kappa shape index (κ1) is 13.0. The number of amides is 3. The molecule has 1 saturated heterocycles. The zero-order valence-corrected chi connectivity index (χ0v) is 11.3. The number of nitrogens with one attached hydrogen (secondary N) is 1. The number of benzene rings is 1. The maximum atomic E-state index is 12.1. The van der Waals surface area contributed by atoms with Crippen LogP contribution in [-0.2, 0) is 4.79 Å². The molecule has 3 amide bonds. The summed E-state index contributed by atoms with van der Waals surface area (Å²) in [5, 5.41) is 2.73. The third kappa shape index (κ3) is 2.51. The maximum Gasteiger partial charge on any atom is 0.329 e. The van der Waals surface area contributed by atoms with E-state index < -0.39 is 0 Å². The highest BCUT2D eigenvalue weighted by Gasteiger charge is 2.38. The summed E-state index contributed by atoms with van der Waals surface area (Å²) >= 11 is 1.67. The van der Waals surface area contributed by atoms with E-state index in [4.69, 9.17) is 0 Å². The lowest BCUT2D eigenvalue weighted by Crippen LogP contribution is -2.31. The second kappa shape index (κ2) is 5.44. The standard InChI is InChI=1S/C13H16N2O2S/c1-9-3-5-10(6-4-9)15-12(16)11(7-8-18-2)14-13(15)17/h3-6,11H,7-8H2,1-2H3,(H,14,17). The summed E-state index contributed by atoms with van der Waals surface area (Å²) in [6, 6.07) is 6.67. The fraction of sp³-hybridized carbons (Fsp3) is 0.385. The number of imide groups is 1. The van der Waals surface area contributed by atoms with Crippen LogP contribution in [0, 0.1) is 6.92 Å². The number of nitrogens with zero attached hydrogens (tertiary/aromatic N) is 1. The van der Waals surface area contributed by atoms with Gasteiger partial charge in [-0.2, -0.15) is 11.8 Å². The Morgan fingerprint density at radius 1 is 1.28 bits per heavy atom. The number of carbonyl (C=O) groups excluding carboxylic acids is 2. The minimum atomic E-state index is -0.383. The zero-order chi connectivity index (χ0) is 13.1. The Balaban J connectivity index is 2.16. The molecule has 2 rings (SSSR count). The van der Waals surface area contributed by atoms with Gasteiger partial charge < -0.3 is 5.32 Å². The van der Waals surface area contributed by atoms with Crippen LogP contribution in [0.1, 0.15) is 12.0 Å². The molecular weight excluding hydrogens is 248 g/mol. The number of hydrogen-bond donors (Lipinski definition) is 1. The van der Waals surface area contributed by atoms with Crippen LogP contribution in [0.5, 0.6) is 0 Å². The quantitative estimate of drug-likeness (QED) is 0.848. The molecule has 0 bridgehead atoms. The van der Waals surface area contributed by atoms with Gasteiger partial charge in [0.1, 0.15) is 6.04 Å². The zero-order valence-electron chi connectivity index (χ0n) is 10.5. The van der Waals surface area contributed by atoms with Gasteiger partial charge in [-0.15, -0.1) is 0 Å². The monoisotopic (exact) mass is 264 g/mol. The van der Waals surface area contributed by atoms with E-state index in [9.17, 15) is 9.59 Å². The molecule has 1 aliphatic heterocycles. The van der Waals surface area contributed by atoms with E-state index in [1.54, 1.807) is 23.9 Å². The molecule has 4 nitrogen and oxygen atoms in total. The fourth-order valence-corrected chi connectivity index (χ4v) is 2.37. The summed E-state index contributed by atoms with van der Waals surface area (Å²) in [4.78, 5) is 25.2. The van der Waals surface area contributed by atoms with Gasteiger partial charge >= 0.3 is 6.03 Å². The highest BCUT2D eigenvalue weighted by atomic mass is 32.2. The summed E-state index contributed by atoms with van der Waals surface area (Å²) in [6.45, 7) is 1.97. The predicted octanol–water partition coefficient (Wildman–Crippen LogP) is 2.17. The third-order valence-electron chi connectivity index (χ3n) is 2.92. The topological polar surface area (TPSA) is 49.4 Å². The van der Waals surface area contributed by atoms with Gasteiger partial charge in [-0.05, 0) is 37.5 Å². The van der Waals surface area contributed by atoms with E-state index >= 15 is 0 Å². The van der Waals surface area contributed by atoms with Gasteiger partial charge in [0.25, 0.3) is 5.91 Å². The molecule has 0 spiro atoms. The second-order valence-electron chi connectivity index (χ2n) is 4.29. The van der Waals surface area contributed by atoms with Gasteiger partial charge in [0.2, 0.25) is 0 Å². The molecule has 1 heterocycles. The summed E-state index contributed by atoms with van der Waals surface area (Å²) in [6.07, 6.45) is 2.66. The average molecular weight is 264 g/mol. The smallest absolute Gasteiger partial charge is 0.325 e. The molecule has 1 aromatic carbocycles. The Bertz CT molecular complexity index is 459. The first-order chi connectivity index (χ1) is 8.63. The Labute approximate surface area is 111 Å². The van der Waals surface area contributed by atoms with E-state index in [2.05, 4.69) is 5.32 Å². The van der Waals surface area contributed by atoms with E-state index in [1.165, 1.54) is 4.90 Å². The molecule has 18 heavy (non-hydrogen) atoms. The van der Waals surface area contributed by atoms with Crippen molar-refractivity contribution in [2.24, 2.45) is 0 Å². The fourth-order valence-electron chi connectivity index (χ4n) is 1.90. The third-order valence-corrected chi connectivity index (χ3v) is 3.57. The normalized spacial score (nSPS) is 19.2. The van der Waals surface area contributed by atoms with Crippen LogP contribution >= 0.6 is 11.8 Å². The largest absolute Gasteiger partial charge is 0.329 e. The Kier molecular flexibility index (Phi) is 3.91. The number of rotatable bonds is 4. The number of hydrogen-bond acceptors (Lipinski definition) is 3. The lowest BCUT2D eigenvalue weighted by Gasteiger charge is -2.13. The first-order valence-electron chi connectivity index (χ1n) is 5.83. The van der Waals surface area contributed by atoms with Crippen LogP contribution in [0.3, 0.4) is 0 Å². The Morgan fingerprint density at radius 2 is 1.94 bits per heavy atom. The molecule has 1 aromatic rings. The van der Waals surface area contributed by atoms with E-state index in [0.29, 0.717) is 12.1 Å². The van der Waals surface area contributed by atoms with Crippen LogP contribution in [0.2, 0.25) is 0 Å². The molecule has 0 radical (unpaired) electrons. The van der Waals surface area contributed by atoms with Gasteiger partial charge in [0.05, 0.1) is 5.69 Å². The summed E-state index contributed by atoms with van der Waals surface area (Å²) < 4.78 is 0. The number of aryl methyl sites for hydroxylation is 1. The minimum absolute atomic E-state index is 0.155. The van der Waals surface area contributed by atoms with Gasteiger partial charge in [-0.3, -0.25) is 4.79 Å². The van der Waals surface area contributed by atoms with Crippen molar-refractivity contribution in [3.63, 3.8) is 0 Å². The number of anilines is 1. The average Bonchev–Trinajstić information content (AvgIpc) is 2.63. The molecule has 1 fully saturated rings. The van der Waals surface area contributed by atoms with Crippen molar-refractivity contribution in [1.29, 1.82) is 0 Å². The van der Waals surface area contributed by atoms with Crippen LogP contribution in [-0.4, -0.2) is 30.0 Å². The SMILES string of the molecule is CSCCC1NC(=O)N(c2ccc(C)cc2)C1=O. The van der Waals surface area contributed by atoms with E-state index in [0.717, 1.165) is 11.3 Å². The number of urea groups is 1. The second-order valence-corrected chi connectivity index (χ2v) is 5.28. The number of thioether (sulfide) groups is 1.